The average molecular weight is 358 g/mol. The lowest BCUT2D eigenvalue weighted by molar-refractivity contribution is -0.116. The van der Waals surface area contributed by atoms with E-state index in [-0.39, 0.29) is 16.8 Å². The van der Waals surface area contributed by atoms with Crippen molar-refractivity contribution in [2.75, 3.05) is 9.62 Å². The summed E-state index contributed by atoms with van der Waals surface area (Å²) in [4.78, 5) is 13.7. The van der Waals surface area contributed by atoms with Crippen LogP contribution in [0.1, 0.15) is 30.5 Å². The predicted octanol–water partition coefficient (Wildman–Crippen LogP) is 3.40. The van der Waals surface area contributed by atoms with E-state index in [0.717, 1.165) is 22.4 Å². The van der Waals surface area contributed by atoms with Gasteiger partial charge >= 0.3 is 0 Å². The fourth-order valence-electron chi connectivity index (χ4n) is 3.27. The third-order valence-corrected chi connectivity index (χ3v) is 6.05. The normalized spacial score (nSPS) is 16.6. The highest BCUT2D eigenvalue weighted by atomic mass is 32.2. The Morgan fingerprint density at radius 1 is 1.12 bits per heavy atom. The van der Waals surface area contributed by atoms with Crippen molar-refractivity contribution in [3.8, 4) is 0 Å². The maximum Gasteiger partial charge on any atom is 0.261 e. The van der Waals surface area contributed by atoms with Gasteiger partial charge in [-0.15, -0.1) is 0 Å². The first-order chi connectivity index (χ1) is 11.7. The van der Waals surface area contributed by atoms with Crippen molar-refractivity contribution in [3.63, 3.8) is 0 Å². The van der Waals surface area contributed by atoms with E-state index in [1.165, 1.54) is 6.92 Å². The molecule has 6 heteroatoms. The van der Waals surface area contributed by atoms with Gasteiger partial charge in [0, 0.05) is 24.3 Å². The fraction of sp³-hybridized carbons (Fsp3) is 0.316. The molecule has 0 saturated carbocycles. The molecule has 1 aliphatic rings. The number of aryl methyl sites for hydroxylation is 2. The maximum atomic E-state index is 12.7. The number of anilines is 2. The molecule has 25 heavy (non-hydrogen) atoms. The molecule has 0 aromatic heterocycles. The summed E-state index contributed by atoms with van der Waals surface area (Å²) in [6.45, 7) is 7.41. The van der Waals surface area contributed by atoms with Crippen LogP contribution in [0.25, 0.3) is 0 Å². The van der Waals surface area contributed by atoms with Gasteiger partial charge in [0.15, 0.2) is 0 Å². The Balaban J connectivity index is 1.93. The Hall–Kier alpha value is -2.34. The number of nitrogens with one attached hydrogen (secondary N) is 1. The number of carbonyl (C=O) groups excluding carboxylic acids is 1. The summed E-state index contributed by atoms with van der Waals surface area (Å²) in [7, 11) is -3.67. The zero-order chi connectivity index (χ0) is 18.4. The van der Waals surface area contributed by atoms with E-state index in [2.05, 4.69) is 4.72 Å². The Kier molecular flexibility index (Phi) is 4.33. The minimum absolute atomic E-state index is 0.0323. The van der Waals surface area contributed by atoms with Gasteiger partial charge in [0.2, 0.25) is 5.91 Å². The van der Waals surface area contributed by atoms with Crippen LogP contribution in [0.2, 0.25) is 0 Å². The molecule has 1 N–H and O–H groups in total. The third kappa shape index (κ3) is 3.26. The molecule has 0 spiro atoms. The van der Waals surface area contributed by atoms with Crippen LogP contribution in [0, 0.1) is 13.8 Å². The second-order valence-electron chi connectivity index (χ2n) is 6.64. The van der Waals surface area contributed by atoms with Gasteiger partial charge in [0.05, 0.1) is 4.90 Å². The van der Waals surface area contributed by atoms with Crippen molar-refractivity contribution in [3.05, 3.63) is 53.1 Å². The van der Waals surface area contributed by atoms with Crippen LogP contribution in [0.5, 0.6) is 0 Å². The summed E-state index contributed by atoms with van der Waals surface area (Å²) in [5, 5.41) is 0. The molecule has 0 unspecified atom stereocenters. The summed E-state index contributed by atoms with van der Waals surface area (Å²) < 4.78 is 28.0. The van der Waals surface area contributed by atoms with Crippen LogP contribution in [0.3, 0.4) is 0 Å². The molecule has 132 valence electrons. The van der Waals surface area contributed by atoms with Gasteiger partial charge in [-0.3, -0.25) is 9.52 Å². The number of hydrogen-bond acceptors (Lipinski definition) is 3. The Labute approximate surface area is 148 Å². The van der Waals surface area contributed by atoms with Crippen molar-refractivity contribution in [2.24, 2.45) is 0 Å². The first-order valence-electron chi connectivity index (χ1n) is 8.22. The molecule has 0 radical (unpaired) electrons. The number of rotatable bonds is 3. The molecule has 1 amide bonds. The molecule has 3 rings (SSSR count). The van der Waals surface area contributed by atoms with Gasteiger partial charge in [-0.25, -0.2) is 8.42 Å². The Morgan fingerprint density at radius 2 is 1.84 bits per heavy atom. The summed E-state index contributed by atoms with van der Waals surface area (Å²) in [6, 6.07) is 10.4. The smallest absolute Gasteiger partial charge is 0.261 e. The van der Waals surface area contributed by atoms with Gasteiger partial charge in [-0.1, -0.05) is 6.07 Å². The SMILES string of the molecule is CC(=O)N1c2ccc(S(=O)(=O)Nc3ccc(C)c(C)c3)cc2C[C@H]1C. The number of fused-ring (bicyclic) bond motifs is 1. The number of hydrogen-bond donors (Lipinski definition) is 1. The van der Waals surface area contributed by atoms with Gasteiger partial charge in [0.25, 0.3) is 10.0 Å². The van der Waals surface area contributed by atoms with Crippen LogP contribution in [0.4, 0.5) is 11.4 Å². The van der Waals surface area contributed by atoms with Gasteiger partial charge < -0.3 is 4.90 Å². The maximum absolute atomic E-state index is 12.7. The van der Waals surface area contributed by atoms with Crippen LogP contribution in [0.15, 0.2) is 41.3 Å². The van der Waals surface area contributed by atoms with Gasteiger partial charge in [-0.05, 0) is 74.2 Å². The minimum atomic E-state index is -3.67. The molecule has 5 nitrogen and oxygen atoms in total. The number of carbonyl (C=O) groups is 1. The zero-order valence-corrected chi connectivity index (χ0v) is 15.6. The van der Waals surface area contributed by atoms with Crippen molar-refractivity contribution in [1.29, 1.82) is 0 Å². The Morgan fingerprint density at radius 3 is 2.48 bits per heavy atom. The minimum Gasteiger partial charge on any atom is -0.309 e. The highest BCUT2D eigenvalue weighted by Gasteiger charge is 2.30. The van der Waals surface area contributed by atoms with E-state index in [0.29, 0.717) is 12.1 Å². The van der Waals surface area contributed by atoms with Crippen molar-refractivity contribution in [2.45, 2.75) is 45.1 Å². The number of benzene rings is 2. The largest absolute Gasteiger partial charge is 0.309 e. The first kappa shape index (κ1) is 17.5. The predicted molar refractivity (Wildman–Crippen MR) is 99.5 cm³/mol. The molecular weight excluding hydrogens is 336 g/mol. The molecular formula is C19H22N2O3S. The van der Waals surface area contributed by atoms with E-state index in [9.17, 15) is 13.2 Å². The number of nitrogens with zero attached hydrogens (tertiary/aromatic N) is 1. The molecule has 2 aromatic carbocycles. The highest BCUT2D eigenvalue weighted by Crippen LogP contribution is 2.34. The van der Waals surface area contributed by atoms with E-state index in [4.69, 9.17) is 0 Å². The zero-order valence-electron chi connectivity index (χ0n) is 14.8. The molecule has 0 aliphatic carbocycles. The van der Waals surface area contributed by atoms with Gasteiger partial charge in [0.1, 0.15) is 0 Å². The monoisotopic (exact) mass is 358 g/mol. The Bertz CT molecular complexity index is 951. The molecule has 1 atom stereocenters. The lowest BCUT2D eigenvalue weighted by Crippen LogP contribution is -2.33. The van der Waals surface area contributed by atoms with Crippen LogP contribution in [-0.2, 0) is 21.2 Å². The van der Waals surface area contributed by atoms with E-state index in [1.807, 2.05) is 32.9 Å². The quantitative estimate of drug-likeness (QED) is 0.914. The van der Waals surface area contributed by atoms with E-state index < -0.39 is 10.0 Å². The second kappa shape index (κ2) is 6.19. The average Bonchev–Trinajstić information content (AvgIpc) is 2.85. The van der Waals surface area contributed by atoms with Crippen LogP contribution in [-0.4, -0.2) is 20.4 Å². The topological polar surface area (TPSA) is 66.5 Å². The first-order valence-corrected chi connectivity index (χ1v) is 9.70. The fourth-order valence-corrected chi connectivity index (χ4v) is 4.37. The second-order valence-corrected chi connectivity index (χ2v) is 8.32. The lowest BCUT2D eigenvalue weighted by atomic mass is 10.1. The third-order valence-electron chi connectivity index (χ3n) is 4.68. The molecule has 0 saturated heterocycles. The summed E-state index contributed by atoms with van der Waals surface area (Å²) in [5.74, 6) is -0.0323. The van der Waals surface area contributed by atoms with Crippen molar-refractivity contribution in [1.82, 2.24) is 0 Å². The van der Waals surface area contributed by atoms with Crippen molar-refractivity contribution < 1.29 is 13.2 Å². The van der Waals surface area contributed by atoms with Crippen LogP contribution >= 0.6 is 0 Å². The van der Waals surface area contributed by atoms with Crippen LogP contribution < -0.4 is 9.62 Å². The van der Waals surface area contributed by atoms with E-state index >= 15 is 0 Å². The molecule has 2 aromatic rings. The molecule has 1 heterocycles. The summed E-state index contributed by atoms with van der Waals surface area (Å²) in [5.41, 5.74) is 4.36. The standard InChI is InChI=1S/C19H22N2O3S/c1-12-5-6-17(9-13(12)2)20-25(23,24)18-7-8-19-16(11-18)10-14(3)21(19)15(4)22/h5-9,11,14,20H,10H2,1-4H3/t14-/m1/s1. The van der Waals surface area contributed by atoms with E-state index in [1.54, 1.807) is 29.2 Å². The highest BCUT2D eigenvalue weighted by molar-refractivity contribution is 7.92. The number of sulfonamides is 1. The van der Waals surface area contributed by atoms with Crippen molar-refractivity contribution >= 4 is 27.3 Å². The molecule has 0 fully saturated rings. The summed E-state index contributed by atoms with van der Waals surface area (Å²) in [6.07, 6.45) is 0.655. The molecule has 0 bridgehead atoms. The molecule has 1 aliphatic heterocycles. The van der Waals surface area contributed by atoms with Gasteiger partial charge in [-0.2, -0.15) is 0 Å². The number of amides is 1. The summed E-state index contributed by atoms with van der Waals surface area (Å²) >= 11 is 0. The lowest BCUT2D eigenvalue weighted by Gasteiger charge is -2.20.